The summed E-state index contributed by atoms with van der Waals surface area (Å²) in [5.74, 6) is -2.91. The normalized spacial score (nSPS) is 12.2. The Morgan fingerprint density at radius 2 is 1.50 bits per heavy atom. The van der Waals surface area contributed by atoms with Gasteiger partial charge in [-0.25, -0.2) is 13.2 Å². The third-order valence-corrected chi connectivity index (χ3v) is 4.15. The Morgan fingerprint density at radius 3 is 2.08 bits per heavy atom. The molecule has 0 aliphatic rings. The quantitative estimate of drug-likeness (QED) is 0.383. The molecule has 0 unspecified atom stereocenters. The van der Waals surface area contributed by atoms with Gasteiger partial charge in [-0.1, -0.05) is 57.0 Å². The molecule has 2 aromatic rings. The van der Waals surface area contributed by atoms with Gasteiger partial charge in [-0.05, 0) is 42.5 Å². The second-order valence-electron chi connectivity index (χ2n) is 5.95. The zero-order chi connectivity index (χ0) is 17.5. The highest BCUT2D eigenvalue weighted by Crippen LogP contribution is 2.31. The van der Waals surface area contributed by atoms with Crippen LogP contribution in [-0.2, 0) is 12.8 Å². The molecular formula is C21H23F3. The number of unbranched alkanes of at least 4 members (excludes halogenated alkanes) is 2. The van der Waals surface area contributed by atoms with Gasteiger partial charge in [-0.2, -0.15) is 0 Å². The van der Waals surface area contributed by atoms with Crippen molar-refractivity contribution in [1.82, 2.24) is 0 Å². The van der Waals surface area contributed by atoms with Crippen LogP contribution in [0.25, 0.3) is 11.7 Å². The Hall–Kier alpha value is -2.03. The van der Waals surface area contributed by atoms with Crippen LogP contribution in [0.4, 0.5) is 13.2 Å². The largest absolute Gasteiger partial charge is 0.206 e. The molecule has 2 aromatic carbocycles. The summed E-state index contributed by atoms with van der Waals surface area (Å²) in [5.41, 5.74) is 1.64. The Balaban J connectivity index is 2.24. The van der Waals surface area contributed by atoms with Crippen LogP contribution in [0.15, 0.2) is 42.5 Å². The highest BCUT2D eigenvalue weighted by molar-refractivity contribution is 5.83. The van der Waals surface area contributed by atoms with Crippen molar-refractivity contribution in [1.29, 1.82) is 0 Å². The molecule has 0 radical (unpaired) electrons. The van der Waals surface area contributed by atoms with E-state index < -0.39 is 17.5 Å². The van der Waals surface area contributed by atoms with Gasteiger partial charge in [0.25, 0.3) is 0 Å². The fourth-order valence-electron chi connectivity index (χ4n) is 2.60. The van der Waals surface area contributed by atoms with E-state index in [-0.39, 0.29) is 11.1 Å². The number of aryl methyl sites for hydroxylation is 2. The molecule has 0 spiro atoms. The monoisotopic (exact) mass is 332 g/mol. The molecule has 0 bridgehead atoms. The maximum absolute atomic E-state index is 14.4. The van der Waals surface area contributed by atoms with Crippen LogP contribution in [0, 0.1) is 5.82 Å². The Labute approximate surface area is 142 Å². The molecule has 128 valence electrons. The van der Waals surface area contributed by atoms with Crippen molar-refractivity contribution in [3.8, 4) is 0 Å². The Bertz CT molecular complexity index is 700. The third-order valence-electron chi connectivity index (χ3n) is 4.15. The summed E-state index contributed by atoms with van der Waals surface area (Å²) in [7, 11) is 0. The molecule has 2 rings (SSSR count). The summed E-state index contributed by atoms with van der Waals surface area (Å²) < 4.78 is 42.8. The molecular weight excluding hydrogens is 309 g/mol. The lowest BCUT2D eigenvalue weighted by molar-refractivity contribution is 0.607. The van der Waals surface area contributed by atoms with E-state index in [1.807, 2.05) is 6.92 Å². The molecule has 0 aromatic heterocycles. The van der Waals surface area contributed by atoms with Gasteiger partial charge in [0.05, 0.1) is 0 Å². The molecule has 0 atom stereocenters. The van der Waals surface area contributed by atoms with E-state index in [4.69, 9.17) is 0 Å². The molecule has 0 N–H and O–H groups in total. The van der Waals surface area contributed by atoms with Crippen LogP contribution < -0.4 is 0 Å². The first kappa shape index (κ1) is 18.3. The molecule has 0 amide bonds. The Morgan fingerprint density at radius 1 is 0.833 bits per heavy atom. The lowest BCUT2D eigenvalue weighted by atomic mass is 10.0. The fraction of sp³-hybridized carbons (Fsp3) is 0.333. The van der Waals surface area contributed by atoms with Gasteiger partial charge in [0.2, 0.25) is 0 Å². The molecule has 0 heterocycles. The SMILES string of the molecule is CCCCCc1ccc(/C(F)=C(\F)c2ccc(CC)cc2)c(F)c1. The van der Waals surface area contributed by atoms with Crippen LogP contribution >= 0.6 is 0 Å². The second kappa shape index (κ2) is 8.72. The van der Waals surface area contributed by atoms with E-state index in [9.17, 15) is 13.2 Å². The summed E-state index contributed by atoms with van der Waals surface area (Å²) in [6.07, 6.45) is 4.69. The van der Waals surface area contributed by atoms with Gasteiger partial charge in [-0.3, -0.25) is 0 Å². The predicted molar refractivity (Wildman–Crippen MR) is 94.5 cm³/mol. The van der Waals surface area contributed by atoms with Crippen LogP contribution in [-0.4, -0.2) is 0 Å². The molecule has 3 heteroatoms. The van der Waals surface area contributed by atoms with Crippen molar-refractivity contribution in [2.75, 3.05) is 0 Å². The summed E-state index contributed by atoms with van der Waals surface area (Å²) in [6, 6.07) is 10.8. The maximum Gasteiger partial charge on any atom is 0.169 e. The zero-order valence-corrected chi connectivity index (χ0v) is 14.2. The summed E-state index contributed by atoms with van der Waals surface area (Å²) in [5, 5.41) is 0. The lowest BCUT2D eigenvalue weighted by Gasteiger charge is -2.07. The van der Waals surface area contributed by atoms with Gasteiger partial charge in [0, 0.05) is 11.1 Å². The van der Waals surface area contributed by atoms with Crippen molar-refractivity contribution in [2.24, 2.45) is 0 Å². The van der Waals surface area contributed by atoms with Gasteiger partial charge in [0.15, 0.2) is 11.7 Å². The van der Waals surface area contributed by atoms with Crippen molar-refractivity contribution in [3.05, 3.63) is 70.5 Å². The summed E-state index contributed by atoms with van der Waals surface area (Å²) in [6.45, 7) is 4.08. The number of hydrogen-bond acceptors (Lipinski definition) is 0. The van der Waals surface area contributed by atoms with Crippen molar-refractivity contribution < 1.29 is 13.2 Å². The molecule has 0 aliphatic carbocycles. The van der Waals surface area contributed by atoms with Crippen molar-refractivity contribution >= 4 is 11.7 Å². The Kier molecular flexibility index (Phi) is 6.65. The number of hydrogen-bond donors (Lipinski definition) is 0. The minimum Gasteiger partial charge on any atom is -0.206 e. The average Bonchev–Trinajstić information content (AvgIpc) is 2.61. The van der Waals surface area contributed by atoms with Crippen molar-refractivity contribution in [2.45, 2.75) is 46.0 Å². The van der Waals surface area contributed by atoms with Crippen LogP contribution in [0.2, 0.25) is 0 Å². The molecule has 0 fully saturated rings. The molecule has 0 saturated carbocycles. The van der Waals surface area contributed by atoms with E-state index in [2.05, 4.69) is 6.92 Å². The van der Waals surface area contributed by atoms with Crippen LogP contribution in [0.1, 0.15) is 55.4 Å². The topological polar surface area (TPSA) is 0 Å². The van der Waals surface area contributed by atoms with Crippen LogP contribution in [0.3, 0.4) is 0 Å². The molecule has 0 nitrogen and oxygen atoms in total. The fourth-order valence-corrected chi connectivity index (χ4v) is 2.60. The zero-order valence-electron chi connectivity index (χ0n) is 14.2. The summed E-state index contributed by atoms with van der Waals surface area (Å²) in [4.78, 5) is 0. The smallest absolute Gasteiger partial charge is 0.169 e. The van der Waals surface area contributed by atoms with E-state index in [1.54, 1.807) is 18.2 Å². The number of rotatable bonds is 7. The minimum atomic E-state index is -1.16. The van der Waals surface area contributed by atoms with E-state index in [0.29, 0.717) is 0 Å². The predicted octanol–water partition coefficient (Wildman–Crippen LogP) is 6.89. The summed E-state index contributed by atoms with van der Waals surface area (Å²) >= 11 is 0. The van der Waals surface area contributed by atoms with Gasteiger partial charge >= 0.3 is 0 Å². The highest BCUT2D eigenvalue weighted by atomic mass is 19.2. The second-order valence-corrected chi connectivity index (χ2v) is 5.95. The minimum absolute atomic E-state index is 0.121. The number of benzene rings is 2. The van der Waals surface area contributed by atoms with E-state index >= 15 is 0 Å². The molecule has 24 heavy (non-hydrogen) atoms. The van der Waals surface area contributed by atoms with Gasteiger partial charge < -0.3 is 0 Å². The van der Waals surface area contributed by atoms with Crippen molar-refractivity contribution in [3.63, 3.8) is 0 Å². The van der Waals surface area contributed by atoms with E-state index in [1.165, 1.54) is 24.3 Å². The molecule has 0 saturated heterocycles. The maximum atomic E-state index is 14.4. The first-order chi connectivity index (χ1) is 11.6. The van der Waals surface area contributed by atoms with E-state index in [0.717, 1.165) is 43.2 Å². The first-order valence-corrected chi connectivity index (χ1v) is 8.50. The number of halogens is 3. The van der Waals surface area contributed by atoms with Crippen LogP contribution in [0.5, 0.6) is 0 Å². The lowest BCUT2D eigenvalue weighted by Crippen LogP contribution is -1.93. The highest BCUT2D eigenvalue weighted by Gasteiger charge is 2.15. The van der Waals surface area contributed by atoms with Gasteiger partial charge in [0.1, 0.15) is 5.82 Å². The molecule has 0 aliphatic heterocycles. The average molecular weight is 332 g/mol. The van der Waals surface area contributed by atoms with Gasteiger partial charge in [-0.15, -0.1) is 0 Å². The standard InChI is InChI=1S/C21H23F3/c1-3-5-6-7-16-10-13-18(19(22)14-16)21(24)20(23)17-11-8-15(4-2)9-12-17/h8-14H,3-7H2,1-2H3/b21-20+. The first-order valence-electron chi connectivity index (χ1n) is 8.50. The third kappa shape index (κ3) is 4.50.